The van der Waals surface area contributed by atoms with Gasteiger partial charge in [0, 0.05) is 12.1 Å². The Balaban J connectivity index is 2.80. The number of aryl methyl sites for hydroxylation is 1. The summed E-state index contributed by atoms with van der Waals surface area (Å²) < 4.78 is 4.86. The zero-order chi connectivity index (χ0) is 13.5. The minimum Gasteiger partial charge on any atom is -0.465 e. The number of hydrogen-bond acceptors (Lipinski definition) is 3. The van der Waals surface area contributed by atoms with E-state index >= 15 is 0 Å². The maximum Gasteiger partial charge on any atom is 0.325 e. The van der Waals surface area contributed by atoms with E-state index < -0.39 is 0 Å². The lowest BCUT2D eigenvalue weighted by Gasteiger charge is -2.20. The molecular formula is C14H19NO3. The number of carbonyl (C=O) groups excluding carboxylic acids is 2. The number of ether oxygens (including phenoxy) is 1. The van der Waals surface area contributed by atoms with Crippen molar-refractivity contribution >= 4 is 11.9 Å². The van der Waals surface area contributed by atoms with Gasteiger partial charge in [0.25, 0.3) is 5.91 Å². The molecule has 0 radical (unpaired) electrons. The summed E-state index contributed by atoms with van der Waals surface area (Å²) in [7, 11) is 0. The van der Waals surface area contributed by atoms with Crippen LogP contribution in [0.5, 0.6) is 0 Å². The third-order valence-corrected chi connectivity index (χ3v) is 2.67. The fourth-order valence-corrected chi connectivity index (χ4v) is 1.67. The number of esters is 1. The number of amides is 1. The zero-order valence-electron chi connectivity index (χ0n) is 11.1. The largest absolute Gasteiger partial charge is 0.465 e. The van der Waals surface area contributed by atoms with Gasteiger partial charge < -0.3 is 9.64 Å². The Hall–Kier alpha value is -1.84. The SMILES string of the molecule is CCOC(=O)CN(CC)C(=O)c1ccccc1C. The number of nitrogens with zero attached hydrogens (tertiary/aromatic N) is 1. The smallest absolute Gasteiger partial charge is 0.325 e. The minimum atomic E-state index is -0.374. The van der Waals surface area contributed by atoms with Gasteiger partial charge in [0.2, 0.25) is 0 Å². The van der Waals surface area contributed by atoms with Crippen molar-refractivity contribution in [1.29, 1.82) is 0 Å². The normalized spacial score (nSPS) is 9.94. The van der Waals surface area contributed by atoms with Crippen LogP contribution >= 0.6 is 0 Å². The van der Waals surface area contributed by atoms with E-state index in [0.717, 1.165) is 5.56 Å². The van der Waals surface area contributed by atoms with Crippen LogP contribution in [0.1, 0.15) is 29.8 Å². The van der Waals surface area contributed by atoms with Gasteiger partial charge in [-0.3, -0.25) is 9.59 Å². The Morgan fingerprint density at radius 2 is 1.89 bits per heavy atom. The summed E-state index contributed by atoms with van der Waals surface area (Å²) in [6.45, 7) is 6.27. The number of benzene rings is 1. The molecule has 0 aliphatic rings. The predicted octanol–water partition coefficient (Wildman–Crippen LogP) is 2.02. The van der Waals surface area contributed by atoms with Crippen molar-refractivity contribution < 1.29 is 14.3 Å². The van der Waals surface area contributed by atoms with E-state index in [-0.39, 0.29) is 18.4 Å². The summed E-state index contributed by atoms with van der Waals surface area (Å²) >= 11 is 0. The lowest BCUT2D eigenvalue weighted by atomic mass is 10.1. The minimum absolute atomic E-state index is 0.00247. The highest BCUT2D eigenvalue weighted by atomic mass is 16.5. The molecule has 4 nitrogen and oxygen atoms in total. The molecule has 1 rings (SSSR count). The second kappa shape index (κ2) is 6.79. The van der Waals surface area contributed by atoms with E-state index in [0.29, 0.717) is 18.7 Å². The lowest BCUT2D eigenvalue weighted by Crippen LogP contribution is -2.36. The van der Waals surface area contributed by atoms with Gasteiger partial charge in [-0.15, -0.1) is 0 Å². The molecule has 0 fully saturated rings. The first-order valence-corrected chi connectivity index (χ1v) is 6.10. The van der Waals surface area contributed by atoms with Crippen LogP contribution in [0.25, 0.3) is 0 Å². The molecule has 0 spiro atoms. The molecule has 0 aliphatic heterocycles. The summed E-state index contributed by atoms with van der Waals surface area (Å²) in [4.78, 5) is 25.2. The van der Waals surface area contributed by atoms with Crippen LogP contribution in [0.2, 0.25) is 0 Å². The second-order valence-electron chi connectivity index (χ2n) is 3.94. The topological polar surface area (TPSA) is 46.6 Å². The van der Waals surface area contributed by atoms with Crippen molar-refractivity contribution in [3.8, 4) is 0 Å². The molecule has 98 valence electrons. The van der Waals surface area contributed by atoms with Crippen LogP contribution in [0.4, 0.5) is 0 Å². The van der Waals surface area contributed by atoms with E-state index in [9.17, 15) is 9.59 Å². The molecule has 1 aromatic carbocycles. The quantitative estimate of drug-likeness (QED) is 0.750. The van der Waals surface area contributed by atoms with Gasteiger partial charge in [0.15, 0.2) is 0 Å². The summed E-state index contributed by atoms with van der Waals surface area (Å²) in [6.07, 6.45) is 0. The standard InChI is InChI=1S/C14H19NO3/c1-4-15(10-13(16)18-5-2)14(17)12-9-7-6-8-11(12)3/h6-9H,4-5,10H2,1-3H3. The van der Waals surface area contributed by atoms with E-state index in [1.807, 2.05) is 32.0 Å². The van der Waals surface area contributed by atoms with Gasteiger partial charge in [0.1, 0.15) is 6.54 Å². The zero-order valence-corrected chi connectivity index (χ0v) is 11.1. The van der Waals surface area contributed by atoms with Crippen LogP contribution in [0, 0.1) is 6.92 Å². The summed E-state index contributed by atoms with van der Waals surface area (Å²) in [6, 6.07) is 7.35. The molecule has 18 heavy (non-hydrogen) atoms. The van der Waals surface area contributed by atoms with Crippen LogP contribution in [-0.2, 0) is 9.53 Å². The maximum atomic E-state index is 12.3. The Morgan fingerprint density at radius 3 is 2.44 bits per heavy atom. The summed E-state index contributed by atoms with van der Waals surface area (Å²) in [5.41, 5.74) is 1.54. The average Bonchev–Trinajstić information content (AvgIpc) is 2.36. The predicted molar refractivity (Wildman–Crippen MR) is 69.4 cm³/mol. The monoisotopic (exact) mass is 249 g/mol. The summed E-state index contributed by atoms with van der Waals surface area (Å²) in [5, 5.41) is 0. The van der Waals surface area contributed by atoms with Crippen molar-refractivity contribution in [1.82, 2.24) is 4.90 Å². The van der Waals surface area contributed by atoms with Crippen LogP contribution in [0.3, 0.4) is 0 Å². The maximum absolute atomic E-state index is 12.3. The molecule has 0 aliphatic carbocycles. The van der Waals surface area contributed by atoms with Crippen LogP contribution < -0.4 is 0 Å². The van der Waals surface area contributed by atoms with Gasteiger partial charge >= 0.3 is 5.97 Å². The number of rotatable bonds is 5. The van der Waals surface area contributed by atoms with Gasteiger partial charge in [-0.1, -0.05) is 18.2 Å². The molecule has 0 saturated carbocycles. The molecule has 0 aromatic heterocycles. The Bertz CT molecular complexity index is 429. The van der Waals surface area contributed by atoms with E-state index in [1.54, 1.807) is 13.0 Å². The van der Waals surface area contributed by atoms with E-state index in [1.165, 1.54) is 4.90 Å². The first kappa shape index (κ1) is 14.2. The van der Waals surface area contributed by atoms with Gasteiger partial charge in [-0.05, 0) is 32.4 Å². The highest BCUT2D eigenvalue weighted by molar-refractivity contribution is 5.97. The number of hydrogen-bond donors (Lipinski definition) is 0. The number of carbonyl (C=O) groups is 2. The highest BCUT2D eigenvalue weighted by Gasteiger charge is 2.18. The second-order valence-corrected chi connectivity index (χ2v) is 3.94. The Morgan fingerprint density at radius 1 is 1.22 bits per heavy atom. The first-order chi connectivity index (χ1) is 8.60. The van der Waals surface area contributed by atoms with Gasteiger partial charge in [0.05, 0.1) is 6.61 Å². The average molecular weight is 249 g/mol. The van der Waals surface area contributed by atoms with E-state index in [2.05, 4.69) is 0 Å². The molecule has 1 aromatic rings. The van der Waals surface area contributed by atoms with Crippen molar-refractivity contribution in [3.63, 3.8) is 0 Å². The highest BCUT2D eigenvalue weighted by Crippen LogP contribution is 2.10. The molecule has 0 atom stereocenters. The van der Waals surface area contributed by atoms with Crippen LogP contribution in [-0.4, -0.2) is 36.5 Å². The van der Waals surface area contributed by atoms with Crippen molar-refractivity contribution in [2.75, 3.05) is 19.7 Å². The first-order valence-electron chi connectivity index (χ1n) is 6.10. The molecule has 4 heteroatoms. The molecule has 0 N–H and O–H groups in total. The van der Waals surface area contributed by atoms with Crippen molar-refractivity contribution in [2.24, 2.45) is 0 Å². The molecule has 0 saturated heterocycles. The fraction of sp³-hybridized carbons (Fsp3) is 0.429. The molecule has 0 unspecified atom stereocenters. The molecule has 1 amide bonds. The van der Waals surface area contributed by atoms with Gasteiger partial charge in [-0.25, -0.2) is 0 Å². The van der Waals surface area contributed by atoms with Crippen molar-refractivity contribution in [3.05, 3.63) is 35.4 Å². The fourth-order valence-electron chi connectivity index (χ4n) is 1.67. The molecule has 0 heterocycles. The van der Waals surface area contributed by atoms with E-state index in [4.69, 9.17) is 4.74 Å². The third-order valence-electron chi connectivity index (χ3n) is 2.67. The third kappa shape index (κ3) is 3.58. The van der Waals surface area contributed by atoms with Gasteiger partial charge in [-0.2, -0.15) is 0 Å². The Kier molecular flexibility index (Phi) is 5.36. The summed E-state index contributed by atoms with van der Waals surface area (Å²) in [5.74, 6) is -0.509. The lowest BCUT2D eigenvalue weighted by molar-refractivity contribution is -0.143. The Labute approximate surface area is 108 Å². The van der Waals surface area contributed by atoms with Crippen LogP contribution in [0.15, 0.2) is 24.3 Å². The molecule has 0 bridgehead atoms. The number of likely N-dealkylation sites (N-methyl/N-ethyl adjacent to an activating group) is 1. The molecular weight excluding hydrogens is 230 g/mol. The van der Waals surface area contributed by atoms with Crippen molar-refractivity contribution in [2.45, 2.75) is 20.8 Å².